The van der Waals surface area contributed by atoms with Gasteiger partial charge in [0, 0.05) is 25.3 Å². The van der Waals surface area contributed by atoms with Gasteiger partial charge < -0.3 is 4.90 Å². The molecule has 0 spiro atoms. The van der Waals surface area contributed by atoms with Crippen LogP contribution in [0.1, 0.15) is 43.4 Å². The molecule has 0 radical (unpaired) electrons. The molecule has 7 nitrogen and oxygen atoms in total. The van der Waals surface area contributed by atoms with Crippen LogP contribution in [0.5, 0.6) is 0 Å². The van der Waals surface area contributed by atoms with Crippen LogP contribution in [0.25, 0.3) is 16.7 Å². The number of amides is 1. The normalized spacial score (nSPS) is 19.2. The second kappa shape index (κ2) is 7.82. The van der Waals surface area contributed by atoms with Crippen LogP contribution in [-0.2, 0) is 4.79 Å². The van der Waals surface area contributed by atoms with E-state index in [2.05, 4.69) is 25.0 Å². The number of thioether (sulfide) groups is 1. The summed E-state index contributed by atoms with van der Waals surface area (Å²) in [5.74, 6) is 1.52. The first-order chi connectivity index (χ1) is 14.9. The number of piperidine rings is 1. The molecule has 1 atom stereocenters. The van der Waals surface area contributed by atoms with Crippen LogP contribution in [0.15, 0.2) is 34.3 Å². The number of carbonyl (C=O) groups is 1. The van der Waals surface area contributed by atoms with Crippen molar-refractivity contribution in [3.8, 4) is 5.69 Å². The Balaban J connectivity index is 1.47. The van der Waals surface area contributed by atoms with E-state index in [1.54, 1.807) is 27.2 Å². The van der Waals surface area contributed by atoms with Crippen LogP contribution >= 0.6 is 11.8 Å². The maximum absolute atomic E-state index is 13.3. The summed E-state index contributed by atoms with van der Waals surface area (Å²) < 4.78 is 3.46. The molecular weight excluding hydrogens is 410 g/mol. The number of aromatic nitrogens is 4. The highest BCUT2D eigenvalue weighted by molar-refractivity contribution is 7.99. The Morgan fingerprint density at radius 2 is 2.00 bits per heavy atom. The standard InChI is InChI=1S/C23H27N5O2S/c1-14-6-8-26(9-7-14)20(29)11-17-13-31-23-25-21-18(22(30)27(17)23)12-24-28(21)19-5-4-15(2)10-16(19)3/h4-5,10,12,14,17H,6-9,11,13H2,1-3H3. The SMILES string of the molecule is Cc1ccc(-n2ncc3c(=O)n4c(nc32)SCC4CC(=O)N2CCC(C)CC2)c(C)c1. The lowest BCUT2D eigenvalue weighted by Crippen LogP contribution is -2.39. The predicted octanol–water partition coefficient (Wildman–Crippen LogP) is 3.49. The molecule has 8 heteroatoms. The van der Waals surface area contributed by atoms with Crippen molar-refractivity contribution in [1.82, 2.24) is 24.2 Å². The number of carbonyl (C=O) groups excluding carboxylic acids is 1. The molecule has 1 amide bonds. The number of hydrogen-bond donors (Lipinski definition) is 0. The Hall–Kier alpha value is -2.61. The minimum absolute atomic E-state index is 0.105. The molecule has 2 aliphatic heterocycles. The van der Waals surface area contributed by atoms with Gasteiger partial charge in [-0.15, -0.1) is 0 Å². The molecule has 0 bridgehead atoms. The van der Waals surface area contributed by atoms with Crippen LogP contribution in [0.2, 0.25) is 0 Å². The molecule has 0 saturated carbocycles. The summed E-state index contributed by atoms with van der Waals surface area (Å²) in [6.07, 6.45) is 4.07. The Kier molecular flexibility index (Phi) is 5.12. The number of hydrogen-bond acceptors (Lipinski definition) is 5. The molecule has 5 rings (SSSR count). The summed E-state index contributed by atoms with van der Waals surface area (Å²) in [5, 5.41) is 5.65. The number of nitrogens with zero attached hydrogens (tertiary/aromatic N) is 5. The largest absolute Gasteiger partial charge is 0.343 e. The Morgan fingerprint density at radius 3 is 2.74 bits per heavy atom. The van der Waals surface area contributed by atoms with Gasteiger partial charge in [-0.2, -0.15) is 5.10 Å². The third-order valence-electron chi connectivity index (χ3n) is 6.50. The zero-order chi connectivity index (χ0) is 21.7. The molecule has 1 unspecified atom stereocenters. The summed E-state index contributed by atoms with van der Waals surface area (Å²) in [6, 6.07) is 5.99. The van der Waals surface area contributed by atoms with Crippen LogP contribution in [0.3, 0.4) is 0 Å². The van der Waals surface area contributed by atoms with Crippen molar-refractivity contribution in [2.45, 2.75) is 51.2 Å². The van der Waals surface area contributed by atoms with Crippen LogP contribution < -0.4 is 5.56 Å². The second-order valence-corrected chi connectivity index (χ2v) is 9.87. The number of aryl methyl sites for hydroxylation is 2. The molecule has 31 heavy (non-hydrogen) atoms. The van der Waals surface area contributed by atoms with Gasteiger partial charge >= 0.3 is 0 Å². The quantitative estimate of drug-likeness (QED) is 0.587. The second-order valence-electron chi connectivity index (χ2n) is 8.89. The Morgan fingerprint density at radius 1 is 1.23 bits per heavy atom. The van der Waals surface area contributed by atoms with E-state index in [1.165, 1.54) is 5.56 Å². The van der Waals surface area contributed by atoms with Crippen molar-refractivity contribution in [1.29, 1.82) is 0 Å². The van der Waals surface area contributed by atoms with E-state index in [9.17, 15) is 9.59 Å². The number of likely N-dealkylation sites (tertiary alicyclic amines) is 1. The van der Waals surface area contributed by atoms with Gasteiger partial charge in [-0.05, 0) is 44.2 Å². The van der Waals surface area contributed by atoms with Crippen LogP contribution in [0, 0.1) is 19.8 Å². The summed E-state index contributed by atoms with van der Waals surface area (Å²) in [6.45, 7) is 7.97. The first-order valence-electron chi connectivity index (χ1n) is 10.9. The fourth-order valence-electron chi connectivity index (χ4n) is 4.59. The predicted molar refractivity (Wildman–Crippen MR) is 122 cm³/mol. The summed E-state index contributed by atoms with van der Waals surface area (Å²) in [7, 11) is 0. The molecule has 0 N–H and O–H groups in total. The molecule has 3 aromatic rings. The smallest absolute Gasteiger partial charge is 0.265 e. The highest BCUT2D eigenvalue weighted by atomic mass is 32.2. The number of rotatable bonds is 3. The molecule has 4 heterocycles. The zero-order valence-corrected chi connectivity index (χ0v) is 19.0. The van der Waals surface area contributed by atoms with Crippen LogP contribution in [-0.4, -0.2) is 49.0 Å². The molecule has 1 saturated heterocycles. The average Bonchev–Trinajstić information content (AvgIpc) is 3.34. The first kappa shape index (κ1) is 20.3. The fourth-order valence-corrected chi connectivity index (χ4v) is 5.72. The summed E-state index contributed by atoms with van der Waals surface area (Å²) in [5.41, 5.74) is 3.66. The van der Waals surface area contributed by atoms with Crippen molar-refractivity contribution in [3.05, 3.63) is 45.9 Å². The van der Waals surface area contributed by atoms with Crippen molar-refractivity contribution in [2.75, 3.05) is 18.8 Å². The lowest BCUT2D eigenvalue weighted by atomic mass is 9.99. The first-order valence-corrected chi connectivity index (χ1v) is 11.9. The summed E-state index contributed by atoms with van der Waals surface area (Å²) in [4.78, 5) is 33.0. The minimum Gasteiger partial charge on any atom is -0.343 e. The molecular formula is C23H27N5O2S. The van der Waals surface area contributed by atoms with E-state index in [0.717, 1.165) is 37.2 Å². The highest BCUT2D eigenvalue weighted by Gasteiger charge is 2.31. The molecule has 1 aromatic carbocycles. The lowest BCUT2D eigenvalue weighted by Gasteiger charge is -2.31. The maximum atomic E-state index is 13.3. The molecule has 2 aromatic heterocycles. The molecule has 0 aliphatic carbocycles. The Bertz CT molecular complexity index is 1220. The van der Waals surface area contributed by atoms with E-state index < -0.39 is 0 Å². The van der Waals surface area contributed by atoms with Gasteiger partial charge in [0.2, 0.25) is 5.91 Å². The lowest BCUT2D eigenvalue weighted by molar-refractivity contribution is -0.133. The average molecular weight is 438 g/mol. The van der Waals surface area contributed by atoms with Crippen molar-refractivity contribution < 1.29 is 4.79 Å². The van der Waals surface area contributed by atoms with E-state index in [4.69, 9.17) is 4.98 Å². The van der Waals surface area contributed by atoms with Gasteiger partial charge in [0.1, 0.15) is 5.39 Å². The van der Waals surface area contributed by atoms with Crippen molar-refractivity contribution >= 4 is 28.7 Å². The molecule has 2 aliphatic rings. The highest BCUT2D eigenvalue weighted by Crippen LogP contribution is 2.34. The van der Waals surface area contributed by atoms with Crippen LogP contribution in [0.4, 0.5) is 0 Å². The van der Waals surface area contributed by atoms with E-state index >= 15 is 0 Å². The van der Waals surface area contributed by atoms with E-state index in [0.29, 0.717) is 34.3 Å². The van der Waals surface area contributed by atoms with Gasteiger partial charge in [0.15, 0.2) is 10.8 Å². The van der Waals surface area contributed by atoms with E-state index in [-0.39, 0.29) is 17.5 Å². The Labute approximate surface area is 185 Å². The fraction of sp³-hybridized carbons (Fsp3) is 0.478. The topological polar surface area (TPSA) is 73.0 Å². The molecule has 162 valence electrons. The van der Waals surface area contributed by atoms with Gasteiger partial charge in [-0.1, -0.05) is 36.4 Å². The third-order valence-corrected chi connectivity index (χ3v) is 7.60. The van der Waals surface area contributed by atoms with Gasteiger partial charge in [-0.25, -0.2) is 9.67 Å². The number of fused-ring (bicyclic) bond motifs is 2. The monoisotopic (exact) mass is 437 g/mol. The van der Waals surface area contributed by atoms with Crippen molar-refractivity contribution in [2.24, 2.45) is 5.92 Å². The van der Waals surface area contributed by atoms with Crippen molar-refractivity contribution in [3.63, 3.8) is 0 Å². The zero-order valence-electron chi connectivity index (χ0n) is 18.2. The maximum Gasteiger partial charge on any atom is 0.265 e. The third kappa shape index (κ3) is 3.56. The van der Waals surface area contributed by atoms with E-state index in [1.807, 2.05) is 24.0 Å². The van der Waals surface area contributed by atoms with Gasteiger partial charge in [0.25, 0.3) is 5.56 Å². The minimum atomic E-state index is -0.152. The van der Waals surface area contributed by atoms with Gasteiger partial charge in [-0.3, -0.25) is 14.2 Å². The molecule has 1 fully saturated rings. The summed E-state index contributed by atoms with van der Waals surface area (Å²) >= 11 is 1.55. The van der Waals surface area contributed by atoms with Gasteiger partial charge in [0.05, 0.1) is 17.9 Å². The number of benzene rings is 1.